The highest BCUT2D eigenvalue weighted by Gasteiger charge is 2.14. The van der Waals surface area contributed by atoms with Crippen LogP contribution in [0.1, 0.15) is 16.2 Å². The number of carbonyl (C=O) groups excluding carboxylic acids is 1. The van der Waals surface area contributed by atoms with Crippen molar-refractivity contribution < 1.29 is 9.21 Å². The zero-order valence-electron chi connectivity index (χ0n) is 16.5. The summed E-state index contributed by atoms with van der Waals surface area (Å²) in [7, 11) is 0. The van der Waals surface area contributed by atoms with Crippen molar-refractivity contribution in [3.8, 4) is 17.4 Å². The van der Waals surface area contributed by atoms with E-state index in [1.165, 1.54) is 17.4 Å². The van der Waals surface area contributed by atoms with Crippen molar-refractivity contribution in [3.63, 3.8) is 0 Å². The zero-order valence-corrected chi connectivity index (χ0v) is 18.8. The Bertz CT molecular complexity index is 1350. The van der Waals surface area contributed by atoms with Crippen LogP contribution in [0.2, 0.25) is 10.0 Å². The molecule has 0 spiro atoms. The maximum absolute atomic E-state index is 12.6. The minimum atomic E-state index is -0.568. The molecular formula is C24H15Cl2N3O2S. The molecule has 2 heterocycles. The van der Waals surface area contributed by atoms with Crippen LogP contribution in [0.3, 0.4) is 0 Å². The van der Waals surface area contributed by atoms with E-state index >= 15 is 0 Å². The molecule has 0 bridgehead atoms. The van der Waals surface area contributed by atoms with Crippen LogP contribution in [0.5, 0.6) is 0 Å². The Labute approximate surface area is 198 Å². The molecule has 32 heavy (non-hydrogen) atoms. The predicted octanol–water partition coefficient (Wildman–Crippen LogP) is 6.85. The van der Waals surface area contributed by atoms with Gasteiger partial charge in [-0.2, -0.15) is 5.26 Å². The minimum Gasteiger partial charge on any atom is -0.457 e. The summed E-state index contributed by atoms with van der Waals surface area (Å²) in [4.78, 5) is 17.7. The molecule has 0 atom stereocenters. The third-order valence-corrected chi connectivity index (χ3v) is 6.13. The third kappa shape index (κ3) is 5.09. The van der Waals surface area contributed by atoms with Crippen LogP contribution in [-0.2, 0) is 11.2 Å². The van der Waals surface area contributed by atoms with Gasteiger partial charge in [-0.3, -0.25) is 10.1 Å². The van der Waals surface area contributed by atoms with Crippen molar-refractivity contribution in [1.29, 1.82) is 5.26 Å². The summed E-state index contributed by atoms with van der Waals surface area (Å²) >= 11 is 13.7. The Balaban J connectivity index is 1.47. The van der Waals surface area contributed by atoms with Crippen molar-refractivity contribution in [2.45, 2.75) is 6.42 Å². The Morgan fingerprint density at radius 3 is 2.59 bits per heavy atom. The molecule has 1 amide bonds. The number of rotatable bonds is 6. The number of hydrogen-bond donors (Lipinski definition) is 1. The van der Waals surface area contributed by atoms with Crippen LogP contribution in [0.4, 0.5) is 5.13 Å². The van der Waals surface area contributed by atoms with E-state index in [1.54, 1.807) is 24.4 Å². The van der Waals surface area contributed by atoms with E-state index in [0.717, 1.165) is 16.0 Å². The molecule has 1 N–H and O–H groups in total. The number of amides is 1. The van der Waals surface area contributed by atoms with Crippen molar-refractivity contribution in [2.24, 2.45) is 0 Å². The molecule has 158 valence electrons. The Morgan fingerprint density at radius 2 is 1.84 bits per heavy atom. The number of benzene rings is 2. The maximum Gasteiger partial charge on any atom is 0.268 e. The zero-order chi connectivity index (χ0) is 22.5. The molecule has 0 saturated heterocycles. The van der Waals surface area contributed by atoms with Gasteiger partial charge in [-0.05, 0) is 35.9 Å². The Kier molecular flexibility index (Phi) is 6.72. The van der Waals surface area contributed by atoms with E-state index in [2.05, 4.69) is 10.3 Å². The number of aromatic nitrogens is 1. The summed E-state index contributed by atoms with van der Waals surface area (Å²) in [6, 6.07) is 20.1. The summed E-state index contributed by atoms with van der Waals surface area (Å²) in [5.41, 5.74) is 1.60. The number of nitriles is 1. The lowest BCUT2D eigenvalue weighted by Gasteiger charge is -2.01. The molecule has 5 nitrogen and oxygen atoms in total. The Hall–Kier alpha value is -3.37. The Morgan fingerprint density at radius 1 is 1.09 bits per heavy atom. The van der Waals surface area contributed by atoms with Gasteiger partial charge >= 0.3 is 0 Å². The summed E-state index contributed by atoms with van der Waals surface area (Å²) in [6.45, 7) is 0. The minimum absolute atomic E-state index is 0.104. The molecule has 0 aliphatic carbocycles. The SMILES string of the molecule is N#C/C(=C\c1ccc(-c2ccccc2Cl)o1)C(=O)Nc1ncc(Cc2ccccc2Cl)s1. The number of anilines is 1. The van der Waals surface area contributed by atoms with Crippen LogP contribution in [-0.4, -0.2) is 10.9 Å². The standard InChI is InChI=1S/C24H15Cl2N3O2S/c25-20-7-3-1-5-15(20)12-18-14-28-24(32-18)29-23(30)16(13-27)11-17-9-10-22(31-17)19-6-2-4-8-21(19)26/h1-11,14H,12H2,(H,28,29,30)/b16-11+. The monoisotopic (exact) mass is 479 g/mol. The largest absolute Gasteiger partial charge is 0.457 e. The second-order valence-corrected chi connectivity index (χ2v) is 8.64. The first kappa shape index (κ1) is 21.8. The van der Waals surface area contributed by atoms with E-state index in [0.29, 0.717) is 33.1 Å². The molecule has 2 aromatic carbocycles. The number of hydrogen-bond acceptors (Lipinski definition) is 5. The van der Waals surface area contributed by atoms with Gasteiger partial charge in [-0.1, -0.05) is 53.5 Å². The highest BCUT2D eigenvalue weighted by atomic mass is 35.5. The third-order valence-electron chi connectivity index (χ3n) is 4.51. The summed E-state index contributed by atoms with van der Waals surface area (Å²) < 4.78 is 5.75. The van der Waals surface area contributed by atoms with Gasteiger partial charge in [-0.15, -0.1) is 11.3 Å². The highest BCUT2D eigenvalue weighted by Crippen LogP contribution is 2.30. The maximum atomic E-state index is 12.6. The molecule has 0 unspecified atom stereocenters. The predicted molar refractivity (Wildman–Crippen MR) is 128 cm³/mol. The quantitative estimate of drug-likeness (QED) is 0.242. The topological polar surface area (TPSA) is 78.9 Å². The fourth-order valence-electron chi connectivity index (χ4n) is 2.97. The van der Waals surface area contributed by atoms with Gasteiger partial charge in [0.25, 0.3) is 5.91 Å². The van der Waals surface area contributed by atoms with E-state index in [-0.39, 0.29) is 5.57 Å². The fourth-order valence-corrected chi connectivity index (χ4v) is 4.23. The number of nitrogens with zero attached hydrogens (tertiary/aromatic N) is 2. The van der Waals surface area contributed by atoms with Gasteiger partial charge in [0.1, 0.15) is 23.2 Å². The van der Waals surface area contributed by atoms with Crippen molar-refractivity contribution >= 4 is 51.7 Å². The molecule has 0 aliphatic rings. The van der Waals surface area contributed by atoms with Crippen LogP contribution < -0.4 is 5.32 Å². The first-order valence-electron chi connectivity index (χ1n) is 9.49. The van der Waals surface area contributed by atoms with Gasteiger partial charge in [-0.25, -0.2) is 4.98 Å². The molecule has 4 aromatic rings. The molecule has 8 heteroatoms. The number of furan rings is 1. The van der Waals surface area contributed by atoms with Crippen LogP contribution in [0.25, 0.3) is 17.4 Å². The van der Waals surface area contributed by atoms with Crippen molar-refractivity contribution in [3.05, 3.63) is 98.7 Å². The molecule has 0 saturated carbocycles. The number of halogens is 2. The second-order valence-electron chi connectivity index (χ2n) is 6.71. The highest BCUT2D eigenvalue weighted by molar-refractivity contribution is 7.15. The van der Waals surface area contributed by atoms with Gasteiger partial charge in [0, 0.05) is 34.2 Å². The van der Waals surface area contributed by atoms with Crippen LogP contribution >= 0.6 is 34.5 Å². The lowest BCUT2D eigenvalue weighted by Crippen LogP contribution is -2.13. The van der Waals surface area contributed by atoms with Gasteiger partial charge in [0.15, 0.2) is 5.13 Å². The van der Waals surface area contributed by atoms with E-state index in [9.17, 15) is 10.1 Å². The average molecular weight is 480 g/mol. The normalized spacial score (nSPS) is 11.2. The molecular weight excluding hydrogens is 465 g/mol. The molecule has 0 aliphatic heterocycles. The first-order valence-corrected chi connectivity index (χ1v) is 11.1. The van der Waals surface area contributed by atoms with Crippen molar-refractivity contribution in [1.82, 2.24) is 4.98 Å². The number of carbonyl (C=O) groups is 1. The summed E-state index contributed by atoms with van der Waals surface area (Å²) in [5.74, 6) is 0.343. The summed E-state index contributed by atoms with van der Waals surface area (Å²) in [6.07, 6.45) is 3.67. The smallest absolute Gasteiger partial charge is 0.268 e. The van der Waals surface area contributed by atoms with Gasteiger partial charge in [0.2, 0.25) is 0 Å². The first-order chi connectivity index (χ1) is 15.5. The fraction of sp³-hybridized carbons (Fsp3) is 0.0417. The van der Waals surface area contributed by atoms with E-state index < -0.39 is 5.91 Å². The lowest BCUT2D eigenvalue weighted by molar-refractivity contribution is -0.112. The van der Waals surface area contributed by atoms with E-state index in [1.807, 2.05) is 48.5 Å². The molecule has 0 fully saturated rings. The van der Waals surface area contributed by atoms with Crippen molar-refractivity contribution in [2.75, 3.05) is 5.32 Å². The van der Waals surface area contributed by atoms with E-state index in [4.69, 9.17) is 27.6 Å². The average Bonchev–Trinajstić information content (AvgIpc) is 3.43. The number of nitrogens with one attached hydrogen (secondary N) is 1. The second kappa shape index (κ2) is 9.84. The lowest BCUT2D eigenvalue weighted by atomic mass is 10.1. The molecule has 0 radical (unpaired) electrons. The van der Waals surface area contributed by atoms with Crippen LogP contribution in [0, 0.1) is 11.3 Å². The molecule has 4 rings (SSSR count). The molecule has 2 aromatic heterocycles. The van der Waals surface area contributed by atoms with Gasteiger partial charge < -0.3 is 4.42 Å². The summed E-state index contributed by atoms with van der Waals surface area (Å²) in [5, 5.41) is 13.7. The van der Waals surface area contributed by atoms with Gasteiger partial charge in [0.05, 0.1) is 5.02 Å². The van der Waals surface area contributed by atoms with Crippen LogP contribution in [0.15, 0.2) is 76.9 Å². The number of thiazole rings is 1.